The van der Waals surface area contributed by atoms with Gasteiger partial charge in [-0.15, -0.1) is 0 Å². The Balaban J connectivity index is 2.10. The summed E-state index contributed by atoms with van der Waals surface area (Å²) >= 11 is 0. The number of sulfonamides is 1. The van der Waals surface area contributed by atoms with Crippen molar-refractivity contribution in [3.8, 4) is 0 Å². The smallest absolute Gasteiger partial charge is 0.261 e. The Bertz CT molecular complexity index is 795. The third-order valence-electron chi connectivity index (χ3n) is 3.60. The number of hydrogen-bond acceptors (Lipinski definition) is 3. The van der Waals surface area contributed by atoms with Gasteiger partial charge in [-0.05, 0) is 41.3 Å². The average Bonchev–Trinajstić information content (AvgIpc) is 2.53. The highest BCUT2D eigenvalue weighted by molar-refractivity contribution is 7.92. The van der Waals surface area contributed by atoms with Crippen molar-refractivity contribution in [3.05, 3.63) is 59.7 Å². The molecular weight excluding hydrogens is 324 g/mol. The summed E-state index contributed by atoms with van der Waals surface area (Å²) in [5.41, 5.74) is 2.52. The minimum Gasteiger partial charge on any atom is -0.352 e. The topological polar surface area (TPSA) is 75.3 Å². The summed E-state index contributed by atoms with van der Waals surface area (Å²) in [6, 6.07) is 13.8. The van der Waals surface area contributed by atoms with Gasteiger partial charge in [0.1, 0.15) is 0 Å². The molecule has 2 rings (SSSR count). The van der Waals surface area contributed by atoms with Gasteiger partial charge < -0.3 is 5.32 Å². The second kappa shape index (κ2) is 7.49. The molecule has 128 valence electrons. The Hall–Kier alpha value is -2.34. The third kappa shape index (κ3) is 4.83. The Kier molecular flexibility index (Phi) is 5.62. The molecule has 24 heavy (non-hydrogen) atoms. The summed E-state index contributed by atoms with van der Waals surface area (Å²) in [6.45, 7) is 5.98. The molecule has 2 N–H and O–H groups in total. The number of anilines is 1. The fourth-order valence-electron chi connectivity index (χ4n) is 2.16. The van der Waals surface area contributed by atoms with Crippen LogP contribution in [0, 0.1) is 0 Å². The van der Waals surface area contributed by atoms with E-state index in [1.807, 2.05) is 12.1 Å². The number of nitrogens with one attached hydrogen (secondary N) is 2. The number of carbonyl (C=O) groups excluding carboxylic acids is 1. The van der Waals surface area contributed by atoms with Crippen LogP contribution in [-0.2, 0) is 21.4 Å². The highest BCUT2D eigenvalue weighted by atomic mass is 32.2. The average molecular weight is 346 g/mol. The highest BCUT2D eigenvalue weighted by Crippen LogP contribution is 2.20. The van der Waals surface area contributed by atoms with Crippen molar-refractivity contribution in [3.63, 3.8) is 0 Å². The van der Waals surface area contributed by atoms with Crippen LogP contribution in [-0.4, -0.2) is 14.3 Å². The number of hydrogen-bond donors (Lipinski definition) is 2. The Labute approximate surface area is 143 Å². The predicted octanol–water partition coefficient (Wildman–Crippen LogP) is 3.25. The van der Waals surface area contributed by atoms with Crippen molar-refractivity contribution in [2.24, 2.45) is 0 Å². The van der Waals surface area contributed by atoms with Gasteiger partial charge in [-0.3, -0.25) is 9.52 Å². The van der Waals surface area contributed by atoms with Crippen LogP contribution < -0.4 is 10.0 Å². The van der Waals surface area contributed by atoms with Crippen molar-refractivity contribution < 1.29 is 13.2 Å². The lowest BCUT2D eigenvalue weighted by atomic mass is 10.0. The van der Waals surface area contributed by atoms with Crippen LogP contribution in [0.1, 0.15) is 37.8 Å². The standard InChI is InChI=1S/C18H22N2O3S/c1-13(2)16-6-8-17(9-7-16)20-24(22,23)18-10-4-15(5-11-18)12-19-14(3)21/h4-11,13,20H,12H2,1-3H3,(H,19,21). The van der Waals surface area contributed by atoms with Crippen molar-refractivity contribution >= 4 is 21.6 Å². The molecule has 0 saturated heterocycles. The fourth-order valence-corrected chi connectivity index (χ4v) is 3.22. The molecule has 0 heterocycles. The minimum absolute atomic E-state index is 0.127. The van der Waals surface area contributed by atoms with E-state index in [2.05, 4.69) is 23.9 Å². The van der Waals surface area contributed by atoms with Gasteiger partial charge >= 0.3 is 0 Å². The van der Waals surface area contributed by atoms with E-state index in [4.69, 9.17) is 0 Å². The molecule has 0 radical (unpaired) electrons. The van der Waals surface area contributed by atoms with E-state index < -0.39 is 10.0 Å². The van der Waals surface area contributed by atoms with Crippen LogP contribution in [0.2, 0.25) is 0 Å². The first-order valence-corrected chi connectivity index (χ1v) is 9.22. The first-order valence-electron chi connectivity index (χ1n) is 7.74. The fraction of sp³-hybridized carbons (Fsp3) is 0.278. The van der Waals surface area contributed by atoms with E-state index in [1.54, 1.807) is 24.3 Å². The second-order valence-corrected chi connectivity index (χ2v) is 7.62. The van der Waals surface area contributed by atoms with Gasteiger partial charge in [0.15, 0.2) is 0 Å². The molecule has 0 fully saturated rings. The lowest BCUT2D eigenvalue weighted by Gasteiger charge is -2.11. The molecule has 1 amide bonds. The van der Waals surface area contributed by atoms with Crippen LogP contribution in [0.15, 0.2) is 53.4 Å². The van der Waals surface area contributed by atoms with Crippen LogP contribution in [0.5, 0.6) is 0 Å². The number of benzene rings is 2. The third-order valence-corrected chi connectivity index (χ3v) is 5.00. The van der Waals surface area contributed by atoms with Crippen molar-refractivity contribution in [1.82, 2.24) is 5.32 Å². The van der Waals surface area contributed by atoms with E-state index in [0.29, 0.717) is 18.2 Å². The number of amides is 1. The van der Waals surface area contributed by atoms with Crippen LogP contribution in [0.3, 0.4) is 0 Å². The van der Waals surface area contributed by atoms with E-state index in [9.17, 15) is 13.2 Å². The molecule has 0 aliphatic carbocycles. The summed E-state index contributed by atoms with van der Waals surface area (Å²) < 4.78 is 27.4. The molecule has 2 aromatic rings. The van der Waals surface area contributed by atoms with Gasteiger partial charge in [-0.1, -0.05) is 38.1 Å². The van der Waals surface area contributed by atoms with Crippen LogP contribution in [0.25, 0.3) is 0 Å². The molecule has 2 aromatic carbocycles. The Morgan fingerprint density at radius 3 is 2.08 bits per heavy atom. The summed E-state index contributed by atoms with van der Waals surface area (Å²) in [5, 5.41) is 2.67. The summed E-state index contributed by atoms with van der Waals surface area (Å²) in [6.07, 6.45) is 0. The number of rotatable bonds is 6. The maximum absolute atomic E-state index is 12.4. The lowest BCUT2D eigenvalue weighted by molar-refractivity contribution is -0.119. The first-order chi connectivity index (χ1) is 11.3. The van der Waals surface area contributed by atoms with E-state index >= 15 is 0 Å². The van der Waals surface area contributed by atoms with E-state index in [-0.39, 0.29) is 10.8 Å². The molecule has 6 heteroatoms. The van der Waals surface area contributed by atoms with Crippen molar-refractivity contribution in [2.45, 2.75) is 38.1 Å². The van der Waals surface area contributed by atoms with Gasteiger partial charge in [-0.25, -0.2) is 8.42 Å². The Morgan fingerprint density at radius 1 is 1.00 bits per heavy atom. The molecule has 0 spiro atoms. The molecule has 0 bridgehead atoms. The molecule has 0 saturated carbocycles. The van der Waals surface area contributed by atoms with E-state index in [0.717, 1.165) is 11.1 Å². The minimum atomic E-state index is -3.63. The lowest BCUT2D eigenvalue weighted by Crippen LogP contribution is -2.19. The SMILES string of the molecule is CC(=O)NCc1ccc(S(=O)(=O)Nc2ccc(C(C)C)cc2)cc1. The molecule has 0 aliphatic rings. The first kappa shape index (κ1) is 18.0. The van der Waals surface area contributed by atoms with Gasteiger partial charge in [0.2, 0.25) is 5.91 Å². The predicted molar refractivity (Wildman–Crippen MR) is 95.3 cm³/mol. The maximum atomic E-state index is 12.4. The largest absolute Gasteiger partial charge is 0.352 e. The van der Waals surface area contributed by atoms with Crippen LogP contribution >= 0.6 is 0 Å². The van der Waals surface area contributed by atoms with Crippen molar-refractivity contribution in [1.29, 1.82) is 0 Å². The zero-order chi connectivity index (χ0) is 17.7. The molecule has 0 aromatic heterocycles. The zero-order valence-electron chi connectivity index (χ0n) is 14.0. The zero-order valence-corrected chi connectivity index (χ0v) is 14.9. The quantitative estimate of drug-likeness (QED) is 0.843. The number of carbonyl (C=O) groups is 1. The van der Waals surface area contributed by atoms with Crippen molar-refractivity contribution in [2.75, 3.05) is 4.72 Å². The molecule has 0 atom stereocenters. The van der Waals surface area contributed by atoms with E-state index in [1.165, 1.54) is 19.1 Å². The molecular formula is C18H22N2O3S. The summed E-state index contributed by atoms with van der Waals surface area (Å²) in [7, 11) is -3.63. The second-order valence-electron chi connectivity index (χ2n) is 5.94. The monoisotopic (exact) mass is 346 g/mol. The van der Waals surface area contributed by atoms with Gasteiger partial charge in [-0.2, -0.15) is 0 Å². The van der Waals surface area contributed by atoms with Gasteiger partial charge in [0.05, 0.1) is 4.90 Å². The highest BCUT2D eigenvalue weighted by Gasteiger charge is 2.14. The summed E-state index contributed by atoms with van der Waals surface area (Å²) in [4.78, 5) is 11.1. The maximum Gasteiger partial charge on any atom is 0.261 e. The molecule has 0 aliphatic heterocycles. The van der Waals surface area contributed by atoms with Gasteiger partial charge in [0.25, 0.3) is 10.0 Å². The van der Waals surface area contributed by atoms with Crippen LogP contribution in [0.4, 0.5) is 5.69 Å². The summed E-state index contributed by atoms with van der Waals surface area (Å²) in [5.74, 6) is 0.269. The molecule has 0 unspecified atom stereocenters. The van der Waals surface area contributed by atoms with Gasteiger partial charge in [0, 0.05) is 19.2 Å². The molecule has 5 nitrogen and oxygen atoms in total. The normalized spacial score (nSPS) is 11.3. The Morgan fingerprint density at radius 2 is 1.58 bits per heavy atom.